The zero-order valence-corrected chi connectivity index (χ0v) is 24.9. The fourth-order valence-corrected chi connectivity index (χ4v) is 5.84. The third-order valence-corrected chi connectivity index (χ3v) is 8.61. The van der Waals surface area contributed by atoms with E-state index in [4.69, 9.17) is 16.3 Å². The van der Waals surface area contributed by atoms with E-state index in [1.54, 1.807) is 56.5 Å². The quantitative estimate of drug-likeness (QED) is 0.249. The smallest absolute Gasteiger partial charge is 0.264 e. The van der Waals surface area contributed by atoms with E-state index in [0.29, 0.717) is 18.7 Å². The van der Waals surface area contributed by atoms with E-state index in [1.165, 1.54) is 23.1 Å². The van der Waals surface area contributed by atoms with Gasteiger partial charge < -0.3 is 15.0 Å². The van der Waals surface area contributed by atoms with Gasteiger partial charge in [-0.15, -0.1) is 0 Å². The summed E-state index contributed by atoms with van der Waals surface area (Å²) in [5.41, 5.74) is 0.736. The second-order valence-electron chi connectivity index (χ2n) is 9.36. The van der Waals surface area contributed by atoms with Crippen LogP contribution >= 0.6 is 11.6 Å². The molecule has 0 heterocycles. The lowest BCUT2D eigenvalue weighted by atomic mass is 10.1. The third kappa shape index (κ3) is 8.20. The Bertz CT molecular complexity index is 1420. The van der Waals surface area contributed by atoms with Gasteiger partial charge in [-0.1, -0.05) is 62.2 Å². The minimum absolute atomic E-state index is 0.0125. The van der Waals surface area contributed by atoms with Crippen molar-refractivity contribution in [1.82, 2.24) is 10.2 Å². The zero-order chi connectivity index (χ0) is 30.0. The highest BCUT2D eigenvalue weighted by atomic mass is 35.5. The molecule has 3 aromatic rings. The van der Waals surface area contributed by atoms with Gasteiger partial charge in [0.05, 0.1) is 22.7 Å². The molecule has 0 fully saturated rings. The van der Waals surface area contributed by atoms with Crippen molar-refractivity contribution in [3.63, 3.8) is 0 Å². The molecule has 41 heavy (non-hydrogen) atoms. The van der Waals surface area contributed by atoms with Gasteiger partial charge in [-0.2, -0.15) is 0 Å². The number of ether oxygens (including phenoxy) is 1. The number of carbonyl (C=O) groups is 2. The molecule has 0 aliphatic rings. The molecule has 3 rings (SSSR count). The summed E-state index contributed by atoms with van der Waals surface area (Å²) in [5, 5.41) is 2.59. The summed E-state index contributed by atoms with van der Waals surface area (Å²) in [4.78, 5) is 28.6. The lowest BCUT2D eigenvalue weighted by molar-refractivity contribution is -0.140. The molecular formula is C30H35ClFN3O5S. The van der Waals surface area contributed by atoms with Crippen molar-refractivity contribution in [2.75, 3.05) is 24.5 Å². The third-order valence-electron chi connectivity index (χ3n) is 6.53. The van der Waals surface area contributed by atoms with Crippen molar-refractivity contribution in [2.45, 2.75) is 50.6 Å². The number of sulfonamides is 1. The van der Waals surface area contributed by atoms with Crippen LogP contribution in [0.2, 0.25) is 5.02 Å². The maximum atomic E-state index is 14.0. The van der Waals surface area contributed by atoms with Gasteiger partial charge in [0.15, 0.2) is 0 Å². The SMILES string of the molecule is CCCCNC(=O)[C@H](CC)N(Cc1ccc(OC)cc1)C(=O)CN(c1ccc(F)c(Cl)c1)S(=O)(=O)c1ccccc1. The molecule has 0 radical (unpaired) electrons. The lowest BCUT2D eigenvalue weighted by Crippen LogP contribution is -2.52. The molecule has 0 aliphatic heterocycles. The van der Waals surface area contributed by atoms with Crippen molar-refractivity contribution < 1.29 is 27.1 Å². The van der Waals surface area contributed by atoms with Crippen LogP contribution in [0.15, 0.2) is 77.7 Å². The Kier molecular flexibility index (Phi) is 11.5. The van der Waals surface area contributed by atoms with E-state index in [9.17, 15) is 22.4 Å². The summed E-state index contributed by atoms with van der Waals surface area (Å²) in [6, 6.07) is 17.2. The Morgan fingerprint density at radius 3 is 2.29 bits per heavy atom. The number of benzene rings is 3. The minimum atomic E-state index is -4.28. The molecule has 0 bridgehead atoms. The Morgan fingerprint density at radius 2 is 1.71 bits per heavy atom. The van der Waals surface area contributed by atoms with Gasteiger partial charge in [-0.25, -0.2) is 12.8 Å². The van der Waals surface area contributed by atoms with E-state index >= 15 is 0 Å². The monoisotopic (exact) mass is 603 g/mol. The van der Waals surface area contributed by atoms with Crippen molar-refractivity contribution in [3.8, 4) is 5.75 Å². The number of nitrogens with one attached hydrogen (secondary N) is 1. The number of hydrogen-bond acceptors (Lipinski definition) is 5. The minimum Gasteiger partial charge on any atom is -0.497 e. The largest absolute Gasteiger partial charge is 0.497 e. The molecule has 8 nitrogen and oxygen atoms in total. The van der Waals surface area contributed by atoms with Crippen LogP contribution in [-0.2, 0) is 26.2 Å². The Balaban J connectivity index is 2.04. The van der Waals surface area contributed by atoms with E-state index < -0.39 is 34.3 Å². The van der Waals surface area contributed by atoms with Crippen LogP contribution in [0.4, 0.5) is 10.1 Å². The second-order valence-corrected chi connectivity index (χ2v) is 11.6. The molecule has 1 N–H and O–H groups in total. The van der Waals surface area contributed by atoms with Gasteiger partial charge in [0.1, 0.15) is 24.2 Å². The van der Waals surface area contributed by atoms with Crippen LogP contribution in [0.5, 0.6) is 5.75 Å². The maximum absolute atomic E-state index is 14.0. The van der Waals surface area contributed by atoms with Crippen molar-refractivity contribution in [3.05, 3.63) is 89.2 Å². The van der Waals surface area contributed by atoms with Crippen molar-refractivity contribution in [2.24, 2.45) is 0 Å². The summed E-state index contributed by atoms with van der Waals surface area (Å²) in [7, 11) is -2.73. The highest BCUT2D eigenvalue weighted by molar-refractivity contribution is 7.92. The molecule has 0 aromatic heterocycles. The molecule has 0 unspecified atom stereocenters. The van der Waals surface area contributed by atoms with Gasteiger partial charge in [0.25, 0.3) is 10.0 Å². The van der Waals surface area contributed by atoms with Gasteiger partial charge >= 0.3 is 0 Å². The first-order valence-corrected chi connectivity index (χ1v) is 15.2. The van der Waals surface area contributed by atoms with E-state index in [0.717, 1.165) is 34.8 Å². The normalized spacial score (nSPS) is 11.9. The average molecular weight is 604 g/mol. The molecule has 0 spiro atoms. The van der Waals surface area contributed by atoms with Gasteiger partial charge in [0, 0.05) is 13.1 Å². The second kappa shape index (κ2) is 14.8. The first-order chi connectivity index (χ1) is 19.6. The molecule has 1 atom stereocenters. The predicted molar refractivity (Wildman–Crippen MR) is 158 cm³/mol. The number of methoxy groups -OCH3 is 1. The summed E-state index contributed by atoms with van der Waals surface area (Å²) in [6.45, 7) is 3.65. The Morgan fingerprint density at radius 1 is 1.02 bits per heavy atom. The Labute approximate surface area is 246 Å². The highest BCUT2D eigenvalue weighted by Gasteiger charge is 2.33. The van der Waals surface area contributed by atoms with E-state index in [1.807, 2.05) is 6.92 Å². The topological polar surface area (TPSA) is 96.0 Å². The molecule has 0 saturated carbocycles. The summed E-state index contributed by atoms with van der Waals surface area (Å²) < 4.78 is 47.7. The van der Waals surface area contributed by atoms with Crippen molar-refractivity contribution >= 4 is 39.1 Å². The molecule has 0 aliphatic carbocycles. The van der Waals surface area contributed by atoms with Crippen molar-refractivity contribution in [1.29, 1.82) is 0 Å². The maximum Gasteiger partial charge on any atom is 0.264 e. The number of hydrogen-bond donors (Lipinski definition) is 1. The van der Waals surface area contributed by atoms with Crippen LogP contribution in [-0.4, -0.2) is 51.4 Å². The lowest BCUT2D eigenvalue weighted by Gasteiger charge is -2.33. The van der Waals surface area contributed by atoms with Crippen LogP contribution in [0.1, 0.15) is 38.7 Å². The number of amides is 2. The molecule has 3 aromatic carbocycles. The molecule has 220 valence electrons. The van der Waals surface area contributed by atoms with Gasteiger partial charge in [-0.3, -0.25) is 13.9 Å². The average Bonchev–Trinajstić information content (AvgIpc) is 2.98. The molecule has 11 heteroatoms. The van der Waals surface area contributed by atoms with Gasteiger partial charge in [-0.05, 0) is 60.9 Å². The fraction of sp³-hybridized carbons (Fsp3) is 0.333. The highest BCUT2D eigenvalue weighted by Crippen LogP contribution is 2.28. The van der Waals surface area contributed by atoms with E-state index in [-0.39, 0.29) is 28.1 Å². The first kappa shape index (κ1) is 31.9. The fourth-order valence-electron chi connectivity index (χ4n) is 4.24. The van der Waals surface area contributed by atoms with Crippen LogP contribution < -0.4 is 14.4 Å². The molecule has 2 amide bonds. The molecular weight excluding hydrogens is 569 g/mol. The van der Waals surface area contributed by atoms with Crippen LogP contribution in [0, 0.1) is 5.82 Å². The zero-order valence-electron chi connectivity index (χ0n) is 23.3. The van der Waals surface area contributed by atoms with Crippen LogP contribution in [0.3, 0.4) is 0 Å². The number of anilines is 1. The molecule has 0 saturated heterocycles. The summed E-state index contributed by atoms with van der Waals surface area (Å²) in [5.74, 6) is -1.04. The first-order valence-electron chi connectivity index (χ1n) is 13.3. The summed E-state index contributed by atoms with van der Waals surface area (Å²) in [6.07, 6.45) is 1.97. The number of nitrogens with zero attached hydrogens (tertiary/aromatic N) is 2. The number of halogens is 2. The van der Waals surface area contributed by atoms with E-state index in [2.05, 4.69) is 5.32 Å². The number of rotatable bonds is 14. The predicted octanol–water partition coefficient (Wildman–Crippen LogP) is 5.41. The Hall–Kier alpha value is -3.63. The van der Waals surface area contributed by atoms with Crippen LogP contribution in [0.25, 0.3) is 0 Å². The standard InChI is InChI=1S/C30H35ClFN3O5S/c1-4-6-18-33-30(37)28(5-2)34(20-22-12-15-24(40-3)16-13-22)29(36)21-35(23-14-17-27(32)26(31)19-23)41(38,39)25-10-8-7-9-11-25/h7-17,19,28H,4-6,18,20-21H2,1-3H3,(H,33,37)/t28-/m0/s1. The number of unbranched alkanes of at least 4 members (excludes halogenated alkanes) is 1. The van der Waals surface area contributed by atoms with Gasteiger partial charge in [0.2, 0.25) is 11.8 Å². The summed E-state index contributed by atoms with van der Waals surface area (Å²) >= 11 is 6.01. The number of carbonyl (C=O) groups excluding carboxylic acids is 2.